The zero-order valence-corrected chi connectivity index (χ0v) is 15.1. The Hall–Kier alpha value is -1.64. The van der Waals surface area contributed by atoms with Gasteiger partial charge in [-0.1, -0.05) is 13.3 Å². The number of unbranched alkanes of at least 4 members (excludes halogenated alkanes) is 1. The summed E-state index contributed by atoms with van der Waals surface area (Å²) in [5.41, 5.74) is 0.385. The summed E-state index contributed by atoms with van der Waals surface area (Å²) in [6, 6.07) is 4.55. The molecule has 0 spiro atoms. The molecule has 8 heteroatoms. The van der Waals surface area contributed by atoms with Gasteiger partial charge in [-0.3, -0.25) is 4.79 Å². The Bertz CT molecular complexity index is 741. The lowest BCUT2D eigenvalue weighted by atomic mass is 10.1. The van der Waals surface area contributed by atoms with Gasteiger partial charge in [0.25, 0.3) is 5.91 Å². The number of aliphatic hydroxyl groups excluding tert-OH is 1. The van der Waals surface area contributed by atoms with Crippen LogP contribution in [0.25, 0.3) is 0 Å². The quantitative estimate of drug-likeness (QED) is 0.825. The smallest absolute Gasteiger partial charge is 0.265 e. The van der Waals surface area contributed by atoms with Crippen molar-refractivity contribution in [3.05, 3.63) is 18.2 Å². The molecule has 0 bridgehead atoms. The van der Waals surface area contributed by atoms with Gasteiger partial charge >= 0.3 is 0 Å². The second kappa shape index (κ2) is 7.31. The number of carbonyl (C=O) groups excluding carboxylic acids is 1. The molecule has 2 N–H and O–H groups in total. The van der Waals surface area contributed by atoms with Gasteiger partial charge in [0.15, 0.2) is 6.10 Å². The van der Waals surface area contributed by atoms with E-state index in [0.717, 1.165) is 12.8 Å². The molecule has 0 saturated carbocycles. The maximum atomic E-state index is 12.8. The summed E-state index contributed by atoms with van der Waals surface area (Å²) in [6.07, 6.45) is 2.40. The predicted octanol–water partition coefficient (Wildman–Crippen LogP) is 1.72. The van der Waals surface area contributed by atoms with E-state index in [-0.39, 0.29) is 10.8 Å². The highest BCUT2D eigenvalue weighted by Gasteiger charge is 2.32. The third kappa shape index (κ3) is 3.80. The third-order valence-electron chi connectivity index (χ3n) is 4.65. The molecule has 2 aliphatic rings. The van der Waals surface area contributed by atoms with Crippen molar-refractivity contribution < 1.29 is 23.1 Å². The third-order valence-corrected chi connectivity index (χ3v) is 6.55. The van der Waals surface area contributed by atoms with E-state index >= 15 is 0 Å². The van der Waals surface area contributed by atoms with Gasteiger partial charge in [-0.15, -0.1) is 0 Å². The molecule has 3 rings (SSSR count). The van der Waals surface area contributed by atoms with E-state index in [1.165, 1.54) is 16.4 Å². The van der Waals surface area contributed by atoms with Crippen LogP contribution in [0.4, 0.5) is 5.69 Å². The van der Waals surface area contributed by atoms with E-state index in [4.69, 9.17) is 4.74 Å². The maximum Gasteiger partial charge on any atom is 0.265 e. The normalized spacial score (nSPS) is 22.2. The summed E-state index contributed by atoms with van der Waals surface area (Å²) in [6.45, 7) is 2.64. The first-order chi connectivity index (χ1) is 11.9. The largest absolute Gasteiger partial charge is 0.478 e. The van der Waals surface area contributed by atoms with E-state index in [0.29, 0.717) is 43.8 Å². The lowest BCUT2D eigenvalue weighted by molar-refractivity contribution is -0.123. The molecular weight excluding hydrogens is 344 g/mol. The van der Waals surface area contributed by atoms with Crippen LogP contribution in [0.15, 0.2) is 23.1 Å². The number of rotatable bonds is 5. The number of piperidine rings is 1. The highest BCUT2D eigenvalue weighted by Crippen LogP contribution is 2.34. The first kappa shape index (κ1) is 18.2. The van der Waals surface area contributed by atoms with Gasteiger partial charge in [-0.25, -0.2) is 8.42 Å². The van der Waals surface area contributed by atoms with Crippen molar-refractivity contribution in [3.8, 4) is 5.75 Å². The van der Waals surface area contributed by atoms with Gasteiger partial charge < -0.3 is 15.2 Å². The van der Waals surface area contributed by atoms with Crippen LogP contribution in [0.1, 0.15) is 39.0 Å². The van der Waals surface area contributed by atoms with Crippen molar-refractivity contribution >= 4 is 21.6 Å². The fourth-order valence-corrected chi connectivity index (χ4v) is 4.60. The lowest BCUT2D eigenvalue weighted by Gasteiger charge is -2.30. The number of benzene rings is 1. The highest BCUT2D eigenvalue weighted by molar-refractivity contribution is 7.89. The minimum absolute atomic E-state index is 0.124. The summed E-state index contributed by atoms with van der Waals surface area (Å²) in [4.78, 5) is 12.3. The first-order valence-corrected chi connectivity index (χ1v) is 10.2. The van der Waals surface area contributed by atoms with Crippen molar-refractivity contribution in [1.29, 1.82) is 0 Å². The highest BCUT2D eigenvalue weighted by atomic mass is 32.2. The van der Waals surface area contributed by atoms with Gasteiger partial charge in [-0.2, -0.15) is 4.31 Å². The Morgan fingerprint density at radius 2 is 2.04 bits per heavy atom. The SMILES string of the molecule is CCCCC1Oc2ccc(S(=O)(=O)N3CCC(O)CC3)cc2NC1=O. The van der Waals surface area contributed by atoms with Crippen LogP contribution in [0.3, 0.4) is 0 Å². The monoisotopic (exact) mass is 368 g/mol. The molecule has 2 heterocycles. The Morgan fingerprint density at radius 1 is 1.32 bits per heavy atom. The molecule has 7 nitrogen and oxygen atoms in total. The average Bonchev–Trinajstić information content (AvgIpc) is 2.59. The molecule has 1 amide bonds. The number of anilines is 1. The zero-order chi connectivity index (χ0) is 18.0. The Labute approximate surface area is 148 Å². The Morgan fingerprint density at radius 3 is 2.72 bits per heavy atom. The molecule has 1 atom stereocenters. The fourth-order valence-electron chi connectivity index (χ4n) is 3.10. The lowest BCUT2D eigenvalue weighted by Crippen LogP contribution is -2.40. The average molecular weight is 368 g/mol. The summed E-state index contributed by atoms with van der Waals surface area (Å²) < 4.78 is 32.6. The summed E-state index contributed by atoms with van der Waals surface area (Å²) in [5.74, 6) is 0.255. The van der Waals surface area contributed by atoms with Crippen molar-refractivity contribution in [1.82, 2.24) is 4.31 Å². The van der Waals surface area contributed by atoms with Gasteiger partial charge in [0.1, 0.15) is 5.75 Å². The number of nitrogens with zero attached hydrogens (tertiary/aromatic N) is 1. The second-order valence-electron chi connectivity index (χ2n) is 6.53. The predicted molar refractivity (Wildman–Crippen MR) is 93.0 cm³/mol. The summed E-state index contributed by atoms with van der Waals surface area (Å²) in [5, 5.41) is 12.3. The van der Waals surface area contributed by atoms with Crippen LogP contribution in [0.5, 0.6) is 5.75 Å². The minimum atomic E-state index is -3.65. The molecule has 25 heavy (non-hydrogen) atoms. The number of aliphatic hydroxyl groups is 1. The molecule has 0 radical (unpaired) electrons. The molecule has 0 aliphatic carbocycles. The number of fused-ring (bicyclic) bond motifs is 1. The molecule has 138 valence electrons. The van der Waals surface area contributed by atoms with Crippen LogP contribution in [0.2, 0.25) is 0 Å². The van der Waals surface area contributed by atoms with Gasteiger partial charge in [0.05, 0.1) is 16.7 Å². The number of hydrogen-bond acceptors (Lipinski definition) is 5. The van der Waals surface area contributed by atoms with Gasteiger partial charge in [-0.05, 0) is 43.9 Å². The Balaban J connectivity index is 1.80. The number of hydrogen-bond donors (Lipinski definition) is 2. The van der Waals surface area contributed by atoms with Crippen molar-refractivity contribution in [3.63, 3.8) is 0 Å². The molecule has 1 fully saturated rings. The van der Waals surface area contributed by atoms with E-state index in [1.54, 1.807) is 6.07 Å². The Kier molecular flexibility index (Phi) is 5.31. The van der Waals surface area contributed by atoms with E-state index in [1.807, 2.05) is 6.92 Å². The molecule has 1 aromatic rings. The molecule has 1 saturated heterocycles. The van der Waals surface area contributed by atoms with Crippen LogP contribution in [0, 0.1) is 0 Å². The molecule has 2 aliphatic heterocycles. The van der Waals surface area contributed by atoms with E-state index in [9.17, 15) is 18.3 Å². The topological polar surface area (TPSA) is 95.9 Å². The van der Waals surface area contributed by atoms with E-state index in [2.05, 4.69) is 5.32 Å². The molecule has 1 unspecified atom stereocenters. The van der Waals surface area contributed by atoms with Crippen LogP contribution in [-0.2, 0) is 14.8 Å². The minimum Gasteiger partial charge on any atom is -0.478 e. The molecule has 0 aromatic heterocycles. The fraction of sp³-hybridized carbons (Fsp3) is 0.588. The van der Waals surface area contributed by atoms with Crippen LogP contribution < -0.4 is 10.1 Å². The standard InChI is InChI=1S/C17H24N2O5S/c1-2-3-4-16-17(21)18-14-11-13(5-6-15(14)24-16)25(22,23)19-9-7-12(20)8-10-19/h5-6,11-12,16,20H,2-4,7-10H2,1H3,(H,18,21). The molecule has 1 aromatic carbocycles. The first-order valence-electron chi connectivity index (χ1n) is 8.71. The number of nitrogens with one attached hydrogen (secondary N) is 1. The van der Waals surface area contributed by atoms with Crippen molar-refractivity contribution in [2.75, 3.05) is 18.4 Å². The van der Waals surface area contributed by atoms with Crippen LogP contribution >= 0.6 is 0 Å². The molecular formula is C17H24N2O5S. The number of sulfonamides is 1. The van der Waals surface area contributed by atoms with Gasteiger partial charge in [0, 0.05) is 13.1 Å². The van der Waals surface area contributed by atoms with Crippen LogP contribution in [-0.4, -0.2) is 49.0 Å². The number of carbonyl (C=O) groups is 1. The summed E-state index contributed by atoms with van der Waals surface area (Å²) >= 11 is 0. The summed E-state index contributed by atoms with van der Waals surface area (Å²) in [7, 11) is -3.65. The maximum absolute atomic E-state index is 12.8. The number of ether oxygens (including phenoxy) is 1. The van der Waals surface area contributed by atoms with Crippen molar-refractivity contribution in [2.24, 2.45) is 0 Å². The second-order valence-corrected chi connectivity index (χ2v) is 8.47. The van der Waals surface area contributed by atoms with Crippen molar-refractivity contribution in [2.45, 2.75) is 56.1 Å². The number of amides is 1. The van der Waals surface area contributed by atoms with Gasteiger partial charge in [0.2, 0.25) is 10.0 Å². The van der Waals surface area contributed by atoms with E-state index < -0.39 is 22.2 Å². The zero-order valence-electron chi connectivity index (χ0n) is 14.3.